The summed E-state index contributed by atoms with van der Waals surface area (Å²) in [4.78, 5) is 16.2. The van der Waals surface area contributed by atoms with Crippen LogP contribution in [0.1, 0.15) is 34.3 Å². The molecule has 0 amide bonds. The molecule has 92 valence electrons. The molecule has 0 N–H and O–H groups in total. The zero-order valence-electron chi connectivity index (χ0n) is 10.4. The summed E-state index contributed by atoms with van der Waals surface area (Å²) in [6.07, 6.45) is 6.33. The van der Waals surface area contributed by atoms with Gasteiger partial charge in [-0.3, -0.25) is 4.98 Å². The van der Waals surface area contributed by atoms with Crippen molar-refractivity contribution in [1.82, 2.24) is 4.98 Å². The van der Waals surface area contributed by atoms with Crippen LogP contribution in [0.25, 0.3) is 10.9 Å². The average Bonchev–Trinajstić information content (AvgIpc) is 2.45. The molecule has 3 rings (SSSR count). The van der Waals surface area contributed by atoms with E-state index in [0.29, 0.717) is 5.56 Å². The molecule has 18 heavy (non-hydrogen) atoms. The van der Waals surface area contributed by atoms with Crippen molar-refractivity contribution in [2.45, 2.75) is 25.7 Å². The van der Waals surface area contributed by atoms with Crippen LogP contribution in [-0.2, 0) is 17.6 Å². The average molecular weight is 241 g/mol. The Balaban J connectivity index is 2.27. The number of aromatic nitrogens is 1. The van der Waals surface area contributed by atoms with E-state index >= 15 is 0 Å². The molecule has 0 fully saturated rings. The van der Waals surface area contributed by atoms with Crippen LogP contribution >= 0.6 is 0 Å². The van der Waals surface area contributed by atoms with Gasteiger partial charge in [0.25, 0.3) is 0 Å². The number of methoxy groups -OCH3 is 1. The predicted octanol–water partition coefficient (Wildman–Crippen LogP) is 2.90. The van der Waals surface area contributed by atoms with Crippen LogP contribution in [0.5, 0.6) is 0 Å². The maximum Gasteiger partial charge on any atom is 0.338 e. The van der Waals surface area contributed by atoms with Crippen molar-refractivity contribution in [3.05, 3.63) is 41.1 Å². The minimum Gasteiger partial charge on any atom is -0.465 e. The molecule has 0 spiro atoms. The second-order valence-electron chi connectivity index (χ2n) is 4.66. The molecule has 0 bridgehead atoms. The van der Waals surface area contributed by atoms with Crippen molar-refractivity contribution in [2.24, 2.45) is 0 Å². The Labute approximate surface area is 106 Å². The maximum atomic E-state index is 11.7. The van der Waals surface area contributed by atoms with Crippen LogP contribution in [0.3, 0.4) is 0 Å². The lowest BCUT2D eigenvalue weighted by molar-refractivity contribution is 0.0603. The molecular weight excluding hydrogens is 226 g/mol. The number of rotatable bonds is 1. The van der Waals surface area contributed by atoms with Crippen molar-refractivity contribution in [3.63, 3.8) is 0 Å². The number of benzene rings is 1. The number of carbonyl (C=O) groups is 1. The third-order valence-electron chi connectivity index (χ3n) is 3.64. The SMILES string of the molecule is COC(=O)c1ccnc2c3c(ccc12)CCCC3. The summed E-state index contributed by atoms with van der Waals surface area (Å²) in [6.45, 7) is 0. The minimum atomic E-state index is -0.293. The molecular formula is C15H15NO2. The van der Waals surface area contributed by atoms with Crippen molar-refractivity contribution in [3.8, 4) is 0 Å². The zero-order chi connectivity index (χ0) is 12.5. The van der Waals surface area contributed by atoms with Crippen LogP contribution < -0.4 is 0 Å². The molecule has 0 aliphatic heterocycles. The molecule has 0 atom stereocenters. The zero-order valence-corrected chi connectivity index (χ0v) is 10.4. The molecule has 1 aromatic carbocycles. The molecule has 0 radical (unpaired) electrons. The summed E-state index contributed by atoms with van der Waals surface area (Å²) in [7, 11) is 1.41. The van der Waals surface area contributed by atoms with E-state index in [-0.39, 0.29) is 5.97 Å². The molecule has 2 aromatic rings. The smallest absolute Gasteiger partial charge is 0.338 e. The number of fused-ring (bicyclic) bond motifs is 3. The maximum absolute atomic E-state index is 11.7. The fourth-order valence-corrected chi connectivity index (χ4v) is 2.74. The molecule has 1 heterocycles. The highest BCUT2D eigenvalue weighted by Gasteiger charge is 2.17. The van der Waals surface area contributed by atoms with E-state index in [1.165, 1.54) is 31.1 Å². The summed E-state index contributed by atoms with van der Waals surface area (Å²) in [5, 5.41) is 0.907. The van der Waals surface area contributed by atoms with Crippen molar-refractivity contribution >= 4 is 16.9 Å². The van der Waals surface area contributed by atoms with Crippen molar-refractivity contribution in [1.29, 1.82) is 0 Å². The van der Waals surface area contributed by atoms with E-state index in [4.69, 9.17) is 4.74 Å². The fraction of sp³-hybridized carbons (Fsp3) is 0.333. The summed E-state index contributed by atoms with van der Waals surface area (Å²) >= 11 is 0. The number of nitrogens with zero attached hydrogens (tertiary/aromatic N) is 1. The normalized spacial score (nSPS) is 14.3. The van der Waals surface area contributed by atoms with Gasteiger partial charge in [0.15, 0.2) is 0 Å². The quantitative estimate of drug-likeness (QED) is 0.721. The second-order valence-corrected chi connectivity index (χ2v) is 4.66. The summed E-state index contributed by atoms with van der Waals surface area (Å²) in [6, 6.07) is 5.85. The van der Waals surface area contributed by atoms with Gasteiger partial charge in [-0.05, 0) is 42.9 Å². The Kier molecular flexibility index (Phi) is 2.74. The second kappa shape index (κ2) is 4.41. The van der Waals surface area contributed by atoms with E-state index in [1.807, 2.05) is 6.07 Å². The first-order valence-corrected chi connectivity index (χ1v) is 6.29. The van der Waals surface area contributed by atoms with Gasteiger partial charge >= 0.3 is 5.97 Å². The third-order valence-corrected chi connectivity index (χ3v) is 3.64. The van der Waals surface area contributed by atoms with Crippen LogP contribution in [-0.4, -0.2) is 18.1 Å². The fourth-order valence-electron chi connectivity index (χ4n) is 2.74. The molecule has 1 aliphatic carbocycles. The van der Waals surface area contributed by atoms with E-state index in [2.05, 4.69) is 11.1 Å². The summed E-state index contributed by atoms with van der Waals surface area (Å²) < 4.78 is 4.82. The molecule has 1 aliphatic rings. The van der Waals surface area contributed by atoms with Gasteiger partial charge in [-0.2, -0.15) is 0 Å². The van der Waals surface area contributed by atoms with Gasteiger partial charge in [-0.25, -0.2) is 4.79 Å². The van der Waals surface area contributed by atoms with Gasteiger partial charge in [-0.1, -0.05) is 12.1 Å². The molecule has 3 nitrogen and oxygen atoms in total. The first-order chi connectivity index (χ1) is 8.81. The lowest BCUT2D eigenvalue weighted by Crippen LogP contribution is -2.07. The van der Waals surface area contributed by atoms with Crippen LogP contribution in [0, 0.1) is 0 Å². The van der Waals surface area contributed by atoms with E-state index in [9.17, 15) is 4.79 Å². The number of hydrogen-bond acceptors (Lipinski definition) is 3. The highest BCUT2D eigenvalue weighted by Crippen LogP contribution is 2.29. The molecule has 3 heteroatoms. The number of aryl methyl sites for hydroxylation is 2. The predicted molar refractivity (Wildman–Crippen MR) is 69.7 cm³/mol. The summed E-state index contributed by atoms with van der Waals surface area (Å²) in [5.74, 6) is -0.293. The van der Waals surface area contributed by atoms with Gasteiger partial charge in [0.05, 0.1) is 18.2 Å². The molecule has 0 saturated carbocycles. The summed E-state index contributed by atoms with van der Waals surface area (Å²) in [5.41, 5.74) is 4.26. The molecule has 1 aromatic heterocycles. The highest BCUT2D eigenvalue weighted by molar-refractivity contribution is 6.04. The standard InChI is InChI=1S/C15H15NO2/c1-18-15(17)13-8-9-16-14-11-5-3-2-4-10(11)6-7-12(13)14/h6-9H,2-5H2,1H3. The largest absolute Gasteiger partial charge is 0.465 e. The Hall–Kier alpha value is -1.90. The molecule has 0 saturated heterocycles. The topological polar surface area (TPSA) is 39.2 Å². The Morgan fingerprint density at radius 3 is 2.89 bits per heavy atom. The first kappa shape index (κ1) is 11.2. The number of ether oxygens (including phenoxy) is 1. The Morgan fingerprint density at radius 2 is 2.06 bits per heavy atom. The Bertz CT molecular complexity index is 619. The van der Waals surface area contributed by atoms with Gasteiger partial charge in [0.1, 0.15) is 0 Å². The van der Waals surface area contributed by atoms with E-state index in [0.717, 1.165) is 23.7 Å². The van der Waals surface area contributed by atoms with Gasteiger partial charge in [0, 0.05) is 11.6 Å². The van der Waals surface area contributed by atoms with Crippen LogP contribution in [0.15, 0.2) is 24.4 Å². The highest BCUT2D eigenvalue weighted by atomic mass is 16.5. The lowest BCUT2D eigenvalue weighted by Gasteiger charge is -2.17. The molecule has 0 unspecified atom stereocenters. The van der Waals surface area contributed by atoms with Gasteiger partial charge in [0.2, 0.25) is 0 Å². The van der Waals surface area contributed by atoms with Gasteiger partial charge < -0.3 is 4.74 Å². The Morgan fingerprint density at radius 1 is 1.22 bits per heavy atom. The van der Waals surface area contributed by atoms with Crippen LogP contribution in [0.2, 0.25) is 0 Å². The van der Waals surface area contributed by atoms with E-state index < -0.39 is 0 Å². The lowest BCUT2D eigenvalue weighted by atomic mass is 9.89. The minimum absolute atomic E-state index is 0.293. The first-order valence-electron chi connectivity index (χ1n) is 6.29. The van der Waals surface area contributed by atoms with Crippen molar-refractivity contribution < 1.29 is 9.53 Å². The number of pyridine rings is 1. The number of carbonyl (C=O) groups excluding carboxylic acids is 1. The van der Waals surface area contributed by atoms with Crippen molar-refractivity contribution in [2.75, 3.05) is 7.11 Å². The third kappa shape index (κ3) is 1.67. The van der Waals surface area contributed by atoms with E-state index in [1.54, 1.807) is 12.3 Å². The number of hydrogen-bond donors (Lipinski definition) is 0. The van der Waals surface area contributed by atoms with Gasteiger partial charge in [-0.15, -0.1) is 0 Å². The number of esters is 1. The van der Waals surface area contributed by atoms with Crippen LogP contribution in [0.4, 0.5) is 0 Å². The monoisotopic (exact) mass is 241 g/mol.